The van der Waals surface area contributed by atoms with E-state index in [-0.39, 0.29) is 65.6 Å². The van der Waals surface area contributed by atoms with Gasteiger partial charge in [-0.3, -0.25) is 14.4 Å². The lowest BCUT2D eigenvalue weighted by Crippen LogP contribution is -2.48. The number of hydrogen-bond donors (Lipinski definition) is 2. The van der Waals surface area contributed by atoms with Gasteiger partial charge in [0.1, 0.15) is 18.5 Å². The smallest absolute Gasteiger partial charge is 0.416 e. The first-order valence-electron chi connectivity index (χ1n) is 15.0. The van der Waals surface area contributed by atoms with Crippen molar-refractivity contribution in [2.75, 3.05) is 31.6 Å². The fourth-order valence-electron chi connectivity index (χ4n) is 5.48. The number of carbonyl (C=O) groups excluding carboxylic acids is 2. The number of amides is 2. The van der Waals surface area contributed by atoms with Gasteiger partial charge in [0, 0.05) is 18.8 Å². The van der Waals surface area contributed by atoms with Crippen molar-refractivity contribution in [1.82, 2.24) is 29.0 Å². The summed E-state index contributed by atoms with van der Waals surface area (Å²) in [6.07, 6.45) is -3.62. The van der Waals surface area contributed by atoms with E-state index in [1.165, 1.54) is 27.8 Å². The number of carbonyl (C=O) groups is 2. The van der Waals surface area contributed by atoms with Crippen LogP contribution in [0.3, 0.4) is 0 Å². The van der Waals surface area contributed by atoms with E-state index < -0.39 is 47.9 Å². The van der Waals surface area contributed by atoms with Crippen LogP contribution in [0.25, 0.3) is 11.4 Å². The molecule has 2 aliphatic heterocycles. The van der Waals surface area contributed by atoms with Crippen LogP contribution < -0.4 is 10.9 Å². The van der Waals surface area contributed by atoms with Crippen LogP contribution in [0.1, 0.15) is 40.4 Å². The van der Waals surface area contributed by atoms with E-state index in [1.807, 2.05) is 0 Å². The van der Waals surface area contributed by atoms with E-state index >= 15 is 4.39 Å². The molecule has 13 nitrogen and oxygen atoms in total. The number of aromatic hydroxyl groups is 1. The molecule has 0 radical (unpaired) electrons. The SMILES string of the molecule is O=C(Cn1c(COC2CCN(C(=O)c3ncccc3O)CC2F)cc(=O)n2nc(C3=CCOCC3)nc12)Nc1ccc(C(F)(F)F)cc1Cl. The second kappa shape index (κ2) is 13.9. The highest BCUT2D eigenvalue weighted by atomic mass is 35.5. The van der Waals surface area contributed by atoms with Crippen LogP contribution in [0.15, 0.2) is 53.5 Å². The summed E-state index contributed by atoms with van der Waals surface area (Å²) in [6.45, 7) is -0.359. The zero-order valence-corrected chi connectivity index (χ0v) is 26.2. The third-order valence-corrected chi connectivity index (χ3v) is 8.32. The molecule has 2 aliphatic rings. The summed E-state index contributed by atoms with van der Waals surface area (Å²) in [7, 11) is 0. The molecule has 0 spiro atoms. The summed E-state index contributed by atoms with van der Waals surface area (Å²) in [5.41, 5.74) is -1.02. The lowest BCUT2D eigenvalue weighted by atomic mass is 10.1. The number of rotatable bonds is 8. The van der Waals surface area contributed by atoms with Crippen molar-refractivity contribution in [3.05, 3.63) is 86.8 Å². The third-order valence-electron chi connectivity index (χ3n) is 8.00. The molecule has 4 aromatic rings. The Labute approximate surface area is 279 Å². The van der Waals surface area contributed by atoms with E-state index in [4.69, 9.17) is 21.1 Å². The quantitative estimate of drug-likeness (QED) is 0.260. The van der Waals surface area contributed by atoms with Crippen LogP contribution in [-0.2, 0) is 33.6 Å². The van der Waals surface area contributed by atoms with Crippen molar-refractivity contribution < 1.29 is 41.7 Å². The van der Waals surface area contributed by atoms with Crippen LogP contribution in [0.4, 0.5) is 23.2 Å². The van der Waals surface area contributed by atoms with Gasteiger partial charge in [0.25, 0.3) is 11.5 Å². The predicted octanol–water partition coefficient (Wildman–Crippen LogP) is 3.88. The molecule has 2 N–H and O–H groups in total. The van der Waals surface area contributed by atoms with Crippen molar-refractivity contribution in [1.29, 1.82) is 0 Å². The molecule has 3 aromatic heterocycles. The Balaban J connectivity index is 1.24. The monoisotopic (exact) mass is 705 g/mol. The standard InChI is InChI=1S/C31H28ClF4N7O6/c32-20-12-18(31(34,35)36)3-4-22(20)38-25(45)15-42-19(13-26(46)43-30(42)39-28(40-43)17-6-10-48-11-7-17)16-49-24-5-9-41(14-21(24)33)29(47)27-23(44)2-1-8-37-27/h1-4,6,8,12-13,21,24,44H,5,7,9-11,14-16H2,(H,38,45). The van der Waals surface area contributed by atoms with Gasteiger partial charge in [-0.25, -0.2) is 9.37 Å². The molecular formula is C31H28ClF4N7O6. The van der Waals surface area contributed by atoms with Gasteiger partial charge in [-0.1, -0.05) is 17.7 Å². The number of nitrogens with one attached hydrogen (secondary N) is 1. The maximum absolute atomic E-state index is 15.4. The molecule has 18 heteroatoms. The second-order valence-electron chi connectivity index (χ2n) is 11.3. The lowest BCUT2D eigenvalue weighted by Gasteiger charge is -2.34. The highest BCUT2D eigenvalue weighted by molar-refractivity contribution is 6.33. The average Bonchev–Trinajstić information content (AvgIpc) is 3.53. The molecule has 49 heavy (non-hydrogen) atoms. The zero-order valence-electron chi connectivity index (χ0n) is 25.5. The summed E-state index contributed by atoms with van der Waals surface area (Å²) in [5.74, 6) is -1.49. The van der Waals surface area contributed by atoms with Gasteiger partial charge < -0.3 is 29.4 Å². The number of nitrogens with zero attached hydrogens (tertiary/aromatic N) is 6. The van der Waals surface area contributed by atoms with Crippen molar-refractivity contribution >= 4 is 40.5 Å². The van der Waals surface area contributed by atoms with Crippen LogP contribution in [0.2, 0.25) is 5.02 Å². The van der Waals surface area contributed by atoms with Crippen molar-refractivity contribution in [2.24, 2.45) is 0 Å². The maximum atomic E-state index is 15.4. The number of halogens is 5. The minimum Gasteiger partial charge on any atom is -0.505 e. The summed E-state index contributed by atoms with van der Waals surface area (Å²) in [4.78, 5) is 48.9. The zero-order chi connectivity index (χ0) is 34.9. The van der Waals surface area contributed by atoms with E-state index in [1.54, 1.807) is 6.08 Å². The highest BCUT2D eigenvalue weighted by Crippen LogP contribution is 2.34. The van der Waals surface area contributed by atoms with Crippen molar-refractivity contribution in [3.63, 3.8) is 0 Å². The third kappa shape index (κ3) is 7.42. The number of likely N-dealkylation sites (tertiary alicyclic amines) is 1. The summed E-state index contributed by atoms with van der Waals surface area (Å²) in [5, 5.41) is 16.4. The lowest BCUT2D eigenvalue weighted by molar-refractivity contribution is -0.137. The highest BCUT2D eigenvalue weighted by Gasteiger charge is 2.34. The second-order valence-corrected chi connectivity index (χ2v) is 11.7. The predicted molar refractivity (Wildman–Crippen MR) is 166 cm³/mol. The molecule has 1 fully saturated rings. The molecular weight excluding hydrogens is 678 g/mol. The Kier molecular flexibility index (Phi) is 9.67. The number of aromatic nitrogens is 5. The van der Waals surface area contributed by atoms with E-state index in [2.05, 4.69) is 20.4 Å². The maximum Gasteiger partial charge on any atom is 0.416 e. The molecule has 5 heterocycles. The number of benzene rings is 1. The largest absolute Gasteiger partial charge is 0.505 e. The Hall–Kier alpha value is -4.87. The molecule has 0 aliphatic carbocycles. The Morgan fingerprint density at radius 1 is 1.20 bits per heavy atom. The number of ether oxygens (including phenoxy) is 2. The van der Waals surface area contributed by atoms with Gasteiger partial charge in [0.05, 0.1) is 54.4 Å². The minimum atomic E-state index is -4.64. The van der Waals surface area contributed by atoms with Crippen LogP contribution in [0, 0.1) is 0 Å². The van der Waals surface area contributed by atoms with Crippen LogP contribution in [0.5, 0.6) is 5.75 Å². The molecule has 6 rings (SSSR count). The average molecular weight is 706 g/mol. The fourth-order valence-corrected chi connectivity index (χ4v) is 5.71. The Morgan fingerprint density at radius 3 is 2.71 bits per heavy atom. The van der Waals surface area contributed by atoms with Crippen LogP contribution >= 0.6 is 11.6 Å². The summed E-state index contributed by atoms with van der Waals surface area (Å²) < 4.78 is 68.3. The molecule has 2 amide bonds. The van der Waals surface area contributed by atoms with Gasteiger partial charge in [-0.05, 0) is 48.7 Å². The van der Waals surface area contributed by atoms with Gasteiger partial charge in [-0.15, -0.1) is 5.10 Å². The molecule has 2 unspecified atom stereocenters. The molecule has 1 saturated heterocycles. The first kappa shape index (κ1) is 34.0. The number of pyridine rings is 1. The van der Waals surface area contributed by atoms with E-state index in [9.17, 15) is 32.7 Å². The van der Waals surface area contributed by atoms with Crippen molar-refractivity contribution in [3.8, 4) is 5.75 Å². The molecule has 1 aromatic carbocycles. The molecule has 258 valence electrons. The van der Waals surface area contributed by atoms with Gasteiger partial charge in [0.15, 0.2) is 11.5 Å². The normalized spacial score (nSPS) is 18.4. The number of fused-ring (bicyclic) bond motifs is 1. The number of alkyl halides is 4. The number of hydrogen-bond acceptors (Lipinski definition) is 9. The Morgan fingerprint density at radius 2 is 2.02 bits per heavy atom. The summed E-state index contributed by atoms with van der Waals surface area (Å²) >= 11 is 6.04. The molecule has 0 bridgehead atoms. The minimum absolute atomic E-state index is 0.0328. The van der Waals surface area contributed by atoms with E-state index in [0.29, 0.717) is 25.7 Å². The number of anilines is 1. The van der Waals surface area contributed by atoms with E-state index in [0.717, 1.165) is 28.3 Å². The molecule has 2 atom stereocenters. The summed E-state index contributed by atoms with van der Waals surface area (Å²) in [6, 6.07) is 6.40. The van der Waals surface area contributed by atoms with Gasteiger partial charge >= 0.3 is 6.18 Å². The number of piperidine rings is 1. The molecule has 0 saturated carbocycles. The fraction of sp³-hybridized carbons (Fsp3) is 0.355. The first-order valence-corrected chi connectivity index (χ1v) is 15.4. The Bertz CT molecular complexity index is 2000. The topological polar surface area (TPSA) is 153 Å². The van der Waals surface area contributed by atoms with Gasteiger partial charge in [0.2, 0.25) is 11.7 Å². The van der Waals surface area contributed by atoms with Crippen molar-refractivity contribution in [2.45, 2.75) is 44.4 Å². The van der Waals surface area contributed by atoms with Crippen LogP contribution in [-0.4, -0.2) is 84.5 Å². The first-order chi connectivity index (χ1) is 23.4. The van der Waals surface area contributed by atoms with Gasteiger partial charge in [-0.2, -0.15) is 22.7 Å².